The summed E-state index contributed by atoms with van der Waals surface area (Å²) in [4.78, 5) is 26.3. The standard InChI is InChI=1S/C24H17Br2ClN2O3/c1-14-3-2-4-15(9-14)13-32-22-19(25)10-16(11-20(22)26)12-21-23(30)29(24(31)28-21)18-7-5-17(27)6-8-18/h2-12H,13H2,1H3,(H,28,31)/b21-12+. The van der Waals surface area contributed by atoms with Gasteiger partial charge in [0, 0.05) is 5.02 Å². The first-order valence-corrected chi connectivity index (χ1v) is 11.6. The molecule has 0 unspecified atom stereocenters. The molecule has 1 N–H and O–H groups in total. The number of benzene rings is 3. The van der Waals surface area contributed by atoms with Gasteiger partial charge in [0.2, 0.25) is 0 Å². The number of halogens is 3. The van der Waals surface area contributed by atoms with E-state index in [1.807, 2.05) is 37.3 Å². The van der Waals surface area contributed by atoms with Crippen molar-refractivity contribution in [1.82, 2.24) is 5.32 Å². The minimum atomic E-state index is -0.514. The molecule has 1 saturated heterocycles. The Morgan fingerprint density at radius 2 is 1.72 bits per heavy atom. The molecule has 1 aliphatic heterocycles. The summed E-state index contributed by atoms with van der Waals surface area (Å²) in [5.41, 5.74) is 3.58. The van der Waals surface area contributed by atoms with Crippen molar-refractivity contribution in [1.29, 1.82) is 0 Å². The highest BCUT2D eigenvalue weighted by atomic mass is 79.9. The summed E-state index contributed by atoms with van der Waals surface area (Å²) in [5, 5.41) is 3.15. The van der Waals surface area contributed by atoms with Crippen LogP contribution in [0.4, 0.5) is 10.5 Å². The second-order valence-corrected chi connectivity index (χ2v) is 9.34. The van der Waals surface area contributed by atoms with Crippen molar-refractivity contribution in [2.24, 2.45) is 0 Å². The smallest absolute Gasteiger partial charge is 0.333 e. The molecule has 8 heteroatoms. The van der Waals surface area contributed by atoms with E-state index in [0.717, 1.165) is 19.4 Å². The number of nitrogens with zero attached hydrogens (tertiary/aromatic N) is 1. The highest BCUT2D eigenvalue weighted by Gasteiger charge is 2.34. The second-order valence-electron chi connectivity index (χ2n) is 7.20. The maximum atomic E-state index is 12.8. The predicted octanol–water partition coefficient (Wildman–Crippen LogP) is 6.85. The number of hydrogen-bond acceptors (Lipinski definition) is 3. The highest BCUT2D eigenvalue weighted by Crippen LogP contribution is 2.36. The zero-order valence-electron chi connectivity index (χ0n) is 16.9. The number of imide groups is 1. The van der Waals surface area contributed by atoms with Crippen LogP contribution < -0.4 is 15.0 Å². The molecule has 0 bridgehead atoms. The van der Waals surface area contributed by atoms with Gasteiger partial charge in [0.05, 0.1) is 14.6 Å². The number of rotatable bonds is 5. The molecule has 5 nitrogen and oxygen atoms in total. The van der Waals surface area contributed by atoms with Crippen LogP contribution in [0, 0.1) is 6.92 Å². The quantitative estimate of drug-likeness (QED) is 0.267. The summed E-state index contributed by atoms with van der Waals surface area (Å²) in [6.45, 7) is 2.46. The van der Waals surface area contributed by atoms with E-state index in [1.54, 1.807) is 30.3 Å². The Morgan fingerprint density at radius 1 is 1.03 bits per heavy atom. The average Bonchev–Trinajstić information content (AvgIpc) is 3.01. The van der Waals surface area contributed by atoms with Crippen LogP contribution in [0.15, 0.2) is 75.3 Å². The molecule has 1 heterocycles. The van der Waals surface area contributed by atoms with Crippen LogP contribution in [0.2, 0.25) is 5.02 Å². The molecule has 0 atom stereocenters. The summed E-state index contributed by atoms with van der Waals surface area (Å²) < 4.78 is 7.43. The molecule has 0 radical (unpaired) electrons. The van der Waals surface area contributed by atoms with Gasteiger partial charge in [-0.05, 0) is 92.4 Å². The summed E-state index contributed by atoms with van der Waals surface area (Å²) in [6.07, 6.45) is 1.62. The molecule has 1 aliphatic rings. The molecule has 0 saturated carbocycles. The van der Waals surface area contributed by atoms with Gasteiger partial charge < -0.3 is 10.1 Å². The number of aryl methyl sites for hydroxylation is 1. The van der Waals surface area contributed by atoms with E-state index in [1.165, 1.54) is 5.56 Å². The summed E-state index contributed by atoms with van der Waals surface area (Å²) in [5.74, 6) is 0.211. The number of urea groups is 1. The third-order valence-electron chi connectivity index (χ3n) is 4.76. The number of carbonyl (C=O) groups excluding carboxylic acids is 2. The summed E-state index contributed by atoms with van der Waals surface area (Å²) in [6, 6.07) is 17.7. The van der Waals surface area contributed by atoms with Crippen molar-refractivity contribution in [2.45, 2.75) is 13.5 Å². The summed E-state index contributed by atoms with van der Waals surface area (Å²) >= 11 is 13.0. The number of amides is 3. The number of nitrogens with one attached hydrogen (secondary N) is 1. The largest absolute Gasteiger partial charge is 0.487 e. The van der Waals surface area contributed by atoms with E-state index in [9.17, 15) is 9.59 Å². The van der Waals surface area contributed by atoms with Crippen molar-refractivity contribution in [2.75, 3.05) is 4.90 Å². The Morgan fingerprint density at radius 3 is 2.38 bits per heavy atom. The SMILES string of the molecule is Cc1cccc(COc2c(Br)cc(/C=C3/NC(=O)N(c4ccc(Cl)cc4)C3=O)cc2Br)c1. The third kappa shape index (κ3) is 4.90. The van der Waals surface area contributed by atoms with E-state index >= 15 is 0 Å². The van der Waals surface area contributed by atoms with Gasteiger partial charge in [0.15, 0.2) is 0 Å². The molecule has 3 amide bonds. The molecule has 0 aromatic heterocycles. The maximum Gasteiger partial charge on any atom is 0.333 e. The molecule has 0 spiro atoms. The van der Waals surface area contributed by atoms with Gasteiger partial charge in [-0.15, -0.1) is 0 Å². The summed E-state index contributed by atoms with van der Waals surface area (Å²) in [7, 11) is 0. The van der Waals surface area contributed by atoms with Crippen molar-refractivity contribution in [3.63, 3.8) is 0 Å². The molecule has 32 heavy (non-hydrogen) atoms. The molecule has 0 aliphatic carbocycles. The fourth-order valence-corrected chi connectivity index (χ4v) is 4.86. The van der Waals surface area contributed by atoms with Gasteiger partial charge in [-0.3, -0.25) is 4.79 Å². The predicted molar refractivity (Wildman–Crippen MR) is 133 cm³/mol. The van der Waals surface area contributed by atoms with Crippen LogP contribution in [-0.4, -0.2) is 11.9 Å². The lowest BCUT2D eigenvalue weighted by molar-refractivity contribution is -0.113. The van der Waals surface area contributed by atoms with Crippen LogP contribution in [0.5, 0.6) is 5.75 Å². The zero-order valence-corrected chi connectivity index (χ0v) is 20.8. The first kappa shape index (κ1) is 22.6. The lowest BCUT2D eigenvalue weighted by atomic mass is 10.1. The molecule has 3 aromatic rings. The van der Waals surface area contributed by atoms with Crippen LogP contribution in [0.1, 0.15) is 16.7 Å². The Kier molecular flexibility index (Phi) is 6.69. The zero-order chi connectivity index (χ0) is 22.8. The average molecular weight is 577 g/mol. The number of carbonyl (C=O) groups is 2. The topological polar surface area (TPSA) is 58.6 Å². The van der Waals surface area contributed by atoms with Crippen molar-refractivity contribution in [3.8, 4) is 5.75 Å². The third-order valence-corrected chi connectivity index (χ3v) is 6.19. The monoisotopic (exact) mass is 574 g/mol. The van der Waals surface area contributed by atoms with Gasteiger partial charge >= 0.3 is 6.03 Å². The van der Waals surface area contributed by atoms with Crippen LogP contribution in [0.3, 0.4) is 0 Å². The molecule has 162 valence electrons. The van der Waals surface area contributed by atoms with Crippen molar-refractivity contribution in [3.05, 3.63) is 97.0 Å². The van der Waals surface area contributed by atoms with E-state index in [0.29, 0.717) is 28.6 Å². The Labute approximate surface area is 207 Å². The van der Waals surface area contributed by atoms with Crippen LogP contribution in [-0.2, 0) is 11.4 Å². The normalized spacial score (nSPS) is 14.8. The van der Waals surface area contributed by atoms with Crippen LogP contribution >= 0.6 is 43.5 Å². The first-order chi connectivity index (χ1) is 15.3. The lowest BCUT2D eigenvalue weighted by Crippen LogP contribution is -2.30. The minimum Gasteiger partial charge on any atom is -0.487 e. The van der Waals surface area contributed by atoms with E-state index in [4.69, 9.17) is 16.3 Å². The minimum absolute atomic E-state index is 0.178. The lowest BCUT2D eigenvalue weighted by Gasteiger charge is -2.12. The second kappa shape index (κ2) is 9.48. The van der Waals surface area contributed by atoms with Crippen molar-refractivity contribution >= 4 is 67.2 Å². The molecule has 1 fully saturated rings. The number of anilines is 1. The van der Waals surface area contributed by atoms with E-state index in [-0.39, 0.29) is 5.70 Å². The number of hydrogen-bond donors (Lipinski definition) is 1. The van der Waals surface area contributed by atoms with Gasteiger partial charge in [0.1, 0.15) is 18.1 Å². The van der Waals surface area contributed by atoms with E-state index < -0.39 is 11.9 Å². The van der Waals surface area contributed by atoms with Gasteiger partial charge in [-0.25, -0.2) is 9.69 Å². The number of ether oxygens (including phenoxy) is 1. The van der Waals surface area contributed by atoms with Gasteiger partial charge in [-0.1, -0.05) is 41.4 Å². The fraction of sp³-hybridized carbons (Fsp3) is 0.0833. The van der Waals surface area contributed by atoms with Gasteiger partial charge in [-0.2, -0.15) is 0 Å². The van der Waals surface area contributed by atoms with Gasteiger partial charge in [0.25, 0.3) is 5.91 Å². The first-order valence-electron chi connectivity index (χ1n) is 9.62. The fourth-order valence-electron chi connectivity index (χ4n) is 3.28. The Balaban J connectivity index is 1.54. The maximum absolute atomic E-state index is 12.8. The van der Waals surface area contributed by atoms with Crippen LogP contribution in [0.25, 0.3) is 6.08 Å². The van der Waals surface area contributed by atoms with Crippen molar-refractivity contribution < 1.29 is 14.3 Å². The van der Waals surface area contributed by atoms with E-state index in [2.05, 4.69) is 43.2 Å². The molecule has 3 aromatic carbocycles. The molecular formula is C24H17Br2ClN2O3. The molecule has 4 rings (SSSR count). The highest BCUT2D eigenvalue weighted by molar-refractivity contribution is 9.11. The Hall–Kier alpha value is -2.61. The molecular weight excluding hydrogens is 560 g/mol. The Bertz CT molecular complexity index is 1220.